The van der Waals surface area contributed by atoms with Crippen LogP contribution in [0, 0.1) is 0 Å². The summed E-state index contributed by atoms with van der Waals surface area (Å²) in [6.45, 7) is 0.0584. The highest BCUT2D eigenvalue weighted by Gasteiger charge is 2.25. The molecule has 14 nitrogen and oxygen atoms in total. The van der Waals surface area contributed by atoms with E-state index >= 15 is 0 Å². The minimum Gasteiger partial charge on any atom is -0.478 e. The Morgan fingerprint density at radius 1 is 0.639 bits per heavy atom. The molecule has 1 unspecified atom stereocenters. The highest BCUT2D eigenvalue weighted by Crippen LogP contribution is 2.16. The number of hydrogen-bond acceptors (Lipinski definition) is 10. The molecular formula is C22H16O14. The van der Waals surface area contributed by atoms with Crippen LogP contribution in [0.15, 0.2) is 36.4 Å². The van der Waals surface area contributed by atoms with E-state index in [1.54, 1.807) is 0 Å². The van der Waals surface area contributed by atoms with Crippen LogP contribution in [0.1, 0.15) is 69.1 Å². The second kappa shape index (κ2) is 11.2. The number of hydrogen-bond donors (Lipinski definition) is 4. The fourth-order valence-corrected chi connectivity index (χ4v) is 2.76. The van der Waals surface area contributed by atoms with Crippen molar-refractivity contribution in [2.45, 2.75) is 13.2 Å². The number of rotatable bonds is 10. The standard InChI is InChI=1S/C22H16O14/c1-9(23)35-16(36-22(33)11-3-5-13(18(26)27)15(7-11)20(30)31)8-34-21(32)10-2-4-12(17(24)25)14(6-10)19(28)29/h2-7,16H,8H2,1H3,(H,24,25)(H,26,27)(H,28,29)(H,30,31). The Morgan fingerprint density at radius 2 is 1.06 bits per heavy atom. The van der Waals surface area contributed by atoms with Gasteiger partial charge >= 0.3 is 41.8 Å². The van der Waals surface area contributed by atoms with E-state index in [0.717, 1.165) is 43.3 Å². The molecule has 4 N–H and O–H groups in total. The largest absolute Gasteiger partial charge is 0.478 e. The van der Waals surface area contributed by atoms with Crippen LogP contribution in [-0.2, 0) is 19.0 Å². The maximum Gasteiger partial charge on any atom is 0.341 e. The van der Waals surface area contributed by atoms with Crippen LogP contribution in [0.5, 0.6) is 0 Å². The van der Waals surface area contributed by atoms with Gasteiger partial charge in [-0.15, -0.1) is 0 Å². The van der Waals surface area contributed by atoms with Crippen molar-refractivity contribution in [2.24, 2.45) is 0 Å². The van der Waals surface area contributed by atoms with Crippen LogP contribution < -0.4 is 0 Å². The molecule has 0 amide bonds. The summed E-state index contributed by atoms with van der Waals surface area (Å²) in [5, 5.41) is 36.4. The molecule has 0 saturated carbocycles. The van der Waals surface area contributed by atoms with Crippen molar-refractivity contribution in [1.82, 2.24) is 0 Å². The molecule has 0 fully saturated rings. The molecular weight excluding hydrogens is 488 g/mol. The van der Waals surface area contributed by atoms with Gasteiger partial charge < -0.3 is 34.6 Å². The Balaban J connectivity index is 2.21. The number of carboxylic acid groups (broad SMARTS) is 4. The third-order valence-electron chi connectivity index (χ3n) is 4.32. The van der Waals surface area contributed by atoms with E-state index in [4.69, 9.17) is 34.6 Å². The number of esters is 3. The quantitative estimate of drug-likeness (QED) is 0.265. The van der Waals surface area contributed by atoms with Gasteiger partial charge in [-0.3, -0.25) is 4.79 Å². The Bertz CT molecular complexity index is 1280. The molecule has 0 aliphatic carbocycles. The Hall–Kier alpha value is -5.27. The van der Waals surface area contributed by atoms with E-state index < -0.39 is 82.5 Å². The number of benzene rings is 2. The predicted molar refractivity (Wildman–Crippen MR) is 112 cm³/mol. The Morgan fingerprint density at radius 3 is 1.44 bits per heavy atom. The molecule has 14 heteroatoms. The van der Waals surface area contributed by atoms with Crippen molar-refractivity contribution >= 4 is 41.8 Å². The zero-order valence-electron chi connectivity index (χ0n) is 18.1. The van der Waals surface area contributed by atoms with E-state index in [1.165, 1.54) is 0 Å². The number of carbonyl (C=O) groups is 7. The number of carbonyl (C=O) groups excluding carboxylic acids is 3. The van der Waals surface area contributed by atoms with Crippen LogP contribution in [0.25, 0.3) is 0 Å². The Labute approximate surface area is 200 Å². The van der Waals surface area contributed by atoms with Crippen molar-refractivity contribution in [3.8, 4) is 0 Å². The minimum absolute atomic E-state index is 0.374. The normalized spacial score (nSPS) is 11.0. The molecule has 0 bridgehead atoms. The molecule has 0 aromatic heterocycles. The zero-order valence-corrected chi connectivity index (χ0v) is 18.1. The topological polar surface area (TPSA) is 228 Å². The van der Waals surface area contributed by atoms with Crippen LogP contribution >= 0.6 is 0 Å². The molecule has 1 atom stereocenters. The van der Waals surface area contributed by atoms with Gasteiger partial charge in [0.1, 0.15) is 0 Å². The second-order valence-electron chi connectivity index (χ2n) is 6.78. The van der Waals surface area contributed by atoms with Gasteiger partial charge in [-0.1, -0.05) is 0 Å². The minimum atomic E-state index is -1.83. The van der Waals surface area contributed by atoms with Gasteiger partial charge in [-0.05, 0) is 36.4 Å². The van der Waals surface area contributed by atoms with Gasteiger partial charge in [0.05, 0.1) is 33.4 Å². The van der Waals surface area contributed by atoms with Crippen molar-refractivity contribution in [3.05, 3.63) is 69.8 Å². The molecule has 2 aromatic carbocycles. The third kappa shape index (κ3) is 6.63. The van der Waals surface area contributed by atoms with Crippen molar-refractivity contribution < 1.29 is 68.2 Å². The summed E-state index contributed by atoms with van der Waals surface area (Å²) in [5.41, 5.74) is -3.39. The molecule has 0 aliphatic rings. The van der Waals surface area contributed by atoms with Gasteiger partial charge in [-0.25, -0.2) is 28.8 Å². The van der Waals surface area contributed by atoms with Gasteiger partial charge in [0.25, 0.3) is 6.29 Å². The number of carboxylic acids is 4. The molecule has 188 valence electrons. The fourth-order valence-electron chi connectivity index (χ4n) is 2.76. The maximum atomic E-state index is 12.4. The van der Waals surface area contributed by atoms with Crippen LogP contribution in [0.4, 0.5) is 0 Å². The van der Waals surface area contributed by atoms with Gasteiger partial charge in [-0.2, -0.15) is 0 Å². The lowest BCUT2D eigenvalue weighted by Gasteiger charge is -2.18. The molecule has 0 heterocycles. The first-order chi connectivity index (χ1) is 16.8. The molecule has 2 rings (SSSR count). The number of ether oxygens (including phenoxy) is 3. The first-order valence-corrected chi connectivity index (χ1v) is 9.58. The van der Waals surface area contributed by atoms with E-state index in [2.05, 4.69) is 0 Å². The van der Waals surface area contributed by atoms with Crippen molar-refractivity contribution in [3.63, 3.8) is 0 Å². The summed E-state index contributed by atoms with van der Waals surface area (Å²) in [4.78, 5) is 80.9. The fraction of sp³-hybridized carbons (Fsp3) is 0.136. The van der Waals surface area contributed by atoms with Gasteiger partial charge in [0.2, 0.25) is 0 Å². The number of aromatic carboxylic acids is 4. The summed E-state index contributed by atoms with van der Waals surface area (Å²) in [5.74, 6) is -9.76. The molecule has 0 radical (unpaired) electrons. The lowest BCUT2D eigenvalue weighted by molar-refractivity contribution is -0.172. The molecule has 2 aromatic rings. The smallest absolute Gasteiger partial charge is 0.341 e. The first-order valence-electron chi connectivity index (χ1n) is 9.58. The highest BCUT2D eigenvalue weighted by molar-refractivity contribution is 6.05. The Kier molecular flexibility index (Phi) is 8.42. The molecule has 0 spiro atoms. The van der Waals surface area contributed by atoms with E-state index in [1.807, 2.05) is 0 Å². The van der Waals surface area contributed by atoms with Crippen molar-refractivity contribution in [1.29, 1.82) is 0 Å². The molecule has 36 heavy (non-hydrogen) atoms. The zero-order chi connectivity index (χ0) is 27.2. The predicted octanol–water partition coefficient (Wildman–Crippen LogP) is 1.38. The maximum absolute atomic E-state index is 12.4. The molecule has 0 aliphatic heterocycles. The van der Waals surface area contributed by atoms with E-state index in [0.29, 0.717) is 0 Å². The molecule has 0 saturated heterocycles. The lowest BCUT2D eigenvalue weighted by Crippen LogP contribution is -2.30. The van der Waals surface area contributed by atoms with Gasteiger partial charge in [0, 0.05) is 6.92 Å². The summed E-state index contributed by atoms with van der Waals surface area (Å²) in [7, 11) is 0. The summed E-state index contributed by atoms with van der Waals surface area (Å²) < 4.78 is 14.5. The van der Waals surface area contributed by atoms with Gasteiger partial charge in [0.15, 0.2) is 6.61 Å². The third-order valence-corrected chi connectivity index (χ3v) is 4.32. The van der Waals surface area contributed by atoms with Crippen LogP contribution in [-0.4, -0.2) is 75.1 Å². The van der Waals surface area contributed by atoms with Crippen LogP contribution in [0.2, 0.25) is 0 Å². The average molecular weight is 504 g/mol. The first kappa shape index (κ1) is 27.0. The van der Waals surface area contributed by atoms with Crippen molar-refractivity contribution in [2.75, 3.05) is 6.61 Å². The second-order valence-corrected chi connectivity index (χ2v) is 6.78. The summed E-state index contributed by atoms with van der Waals surface area (Å²) in [6.07, 6.45) is -1.83. The SMILES string of the molecule is CC(=O)OC(COC(=O)c1ccc(C(=O)O)c(C(=O)O)c1)OC(=O)c1ccc(C(=O)O)c(C(=O)O)c1. The highest BCUT2D eigenvalue weighted by atomic mass is 16.7. The van der Waals surface area contributed by atoms with E-state index in [9.17, 15) is 33.6 Å². The summed E-state index contributed by atoms with van der Waals surface area (Å²) >= 11 is 0. The van der Waals surface area contributed by atoms with E-state index in [-0.39, 0.29) is 5.56 Å². The lowest BCUT2D eigenvalue weighted by atomic mass is 10.0. The monoisotopic (exact) mass is 504 g/mol. The average Bonchev–Trinajstić information content (AvgIpc) is 2.80. The summed E-state index contributed by atoms with van der Waals surface area (Å²) in [6, 6.07) is 5.12. The van der Waals surface area contributed by atoms with Crippen LogP contribution in [0.3, 0.4) is 0 Å².